The summed E-state index contributed by atoms with van der Waals surface area (Å²) >= 11 is 0. The predicted octanol–water partition coefficient (Wildman–Crippen LogP) is 2.81. The van der Waals surface area contributed by atoms with Crippen LogP contribution in [0.5, 0.6) is 0 Å². The van der Waals surface area contributed by atoms with Crippen LogP contribution in [-0.2, 0) is 0 Å². The highest BCUT2D eigenvalue weighted by atomic mass is 14.6. The molecule has 0 fully saturated rings. The van der Waals surface area contributed by atoms with Crippen LogP contribution >= 0.6 is 0 Å². The van der Waals surface area contributed by atoms with Crippen molar-refractivity contribution in [2.75, 3.05) is 5.73 Å². The van der Waals surface area contributed by atoms with Gasteiger partial charge in [-0.15, -0.1) is 0 Å². The normalized spacial score (nSPS) is 10.4. The molecule has 1 rings (SSSR count). The molecule has 0 atom stereocenters. The van der Waals surface area contributed by atoms with Crippen LogP contribution in [0.2, 0.25) is 0 Å². The maximum Gasteiger partial charge on any atom is 0.0663 e. The van der Waals surface area contributed by atoms with Crippen molar-refractivity contribution in [1.29, 1.82) is 5.26 Å². The number of anilines is 1. The van der Waals surface area contributed by atoms with Crippen LogP contribution in [0.15, 0.2) is 18.2 Å². The lowest BCUT2D eigenvalue weighted by atomic mass is 10.0. The zero-order valence-electron chi connectivity index (χ0n) is 8.54. The highest BCUT2D eigenvalue weighted by Gasteiger charge is 2.00. The summed E-state index contributed by atoms with van der Waals surface area (Å²) < 4.78 is 0. The lowest BCUT2D eigenvalue weighted by molar-refractivity contribution is 1.32. The Morgan fingerprint density at radius 1 is 1.36 bits per heavy atom. The Bertz CT molecular complexity index is 398. The van der Waals surface area contributed by atoms with Gasteiger partial charge in [-0.1, -0.05) is 18.2 Å². The molecule has 2 heteroatoms. The molecule has 0 aliphatic carbocycles. The van der Waals surface area contributed by atoms with E-state index in [1.54, 1.807) is 0 Å². The molecule has 2 N–H and O–H groups in total. The van der Waals surface area contributed by atoms with Gasteiger partial charge < -0.3 is 5.73 Å². The Hall–Kier alpha value is -1.75. The number of allylic oxidation sites excluding steroid dienone is 1. The molecule has 0 heterocycles. The van der Waals surface area contributed by atoms with Gasteiger partial charge in [-0.2, -0.15) is 5.26 Å². The van der Waals surface area contributed by atoms with Crippen LogP contribution in [0.4, 0.5) is 5.69 Å². The third-order valence-electron chi connectivity index (χ3n) is 2.38. The number of benzene rings is 1. The monoisotopic (exact) mass is 186 g/mol. The SMILES string of the molecule is Cc1c(N)ccc(C=CCC#N)c1C. The topological polar surface area (TPSA) is 49.8 Å². The van der Waals surface area contributed by atoms with E-state index in [0.717, 1.165) is 16.8 Å². The van der Waals surface area contributed by atoms with Crippen molar-refractivity contribution in [2.24, 2.45) is 0 Å². The zero-order valence-corrected chi connectivity index (χ0v) is 8.54. The number of hydrogen-bond donors (Lipinski definition) is 1. The van der Waals surface area contributed by atoms with E-state index in [1.165, 1.54) is 5.56 Å². The lowest BCUT2D eigenvalue weighted by Crippen LogP contribution is -1.93. The molecule has 0 aromatic heterocycles. The molecule has 0 aliphatic rings. The summed E-state index contributed by atoms with van der Waals surface area (Å²) in [5, 5.41) is 8.39. The van der Waals surface area contributed by atoms with Gasteiger partial charge >= 0.3 is 0 Å². The van der Waals surface area contributed by atoms with Crippen molar-refractivity contribution in [3.63, 3.8) is 0 Å². The van der Waals surface area contributed by atoms with Gasteiger partial charge in [-0.05, 0) is 36.6 Å². The molecule has 72 valence electrons. The van der Waals surface area contributed by atoms with E-state index in [0.29, 0.717) is 6.42 Å². The number of nitrogens with two attached hydrogens (primary N) is 1. The van der Waals surface area contributed by atoms with Gasteiger partial charge in [0.05, 0.1) is 12.5 Å². The standard InChI is InChI=1S/C12H14N2/c1-9-10(2)12(14)7-6-11(9)5-3-4-8-13/h3,5-7H,4,14H2,1-2H3. The summed E-state index contributed by atoms with van der Waals surface area (Å²) in [4.78, 5) is 0. The van der Waals surface area contributed by atoms with Gasteiger partial charge in [0.1, 0.15) is 0 Å². The first-order valence-electron chi connectivity index (χ1n) is 4.56. The molecule has 0 amide bonds. The second kappa shape index (κ2) is 4.48. The minimum Gasteiger partial charge on any atom is -0.399 e. The molecule has 2 nitrogen and oxygen atoms in total. The highest BCUT2D eigenvalue weighted by molar-refractivity contribution is 5.62. The van der Waals surface area contributed by atoms with E-state index in [9.17, 15) is 0 Å². The van der Waals surface area contributed by atoms with Crippen molar-refractivity contribution in [1.82, 2.24) is 0 Å². The molecule has 0 bridgehead atoms. The summed E-state index contributed by atoms with van der Waals surface area (Å²) in [6.07, 6.45) is 4.27. The maximum absolute atomic E-state index is 8.39. The first-order valence-corrected chi connectivity index (χ1v) is 4.56. The minimum atomic E-state index is 0.447. The Balaban J connectivity index is 3.01. The van der Waals surface area contributed by atoms with Crippen LogP contribution in [-0.4, -0.2) is 0 Å². The molecule has 0 radical (unpaired) electrons. The predicted molar refractivity (Wildman–Crippen MR) is 59.6 cm³/mol. The fourth-order valence-corrected chi connectivity index (χ4v) is 1.28. The fourth-order valence-electron chi connectivity index (χ4n) is 1.28. The summed E-state index contributed by atoms with van der Waals surface area (Å²) in [5.41, 5.74) is 10.0. The Labute approximate surface area is 84.7 Å². The highest BCUT2D eigenvalue weighted by Crippen LogP contribution is 2.20. The van der Waals surface area contributed by atoms with Crippen LogP contribution in [0, 0.1) is 25.2 Å². The number of hydrogen-bond acceptors (Lipinski definition) is 2. The molecular formula is C12H14N2. The number of nitriles is 1. The molecular weight excluding hydrogens is 172 g/mol. The maximum atomic E-state index is 8.39. The number of rotatable bonds is 2. The van der Waals surface area contributed by atoms with Gasteiger partial charge in [0, 0.05) is 5.69 Å². The second-order valence-electron chi connectivity index (χ2n) is 3.26. The molecule has 1 aromatic rings. The van der Waals surface area contributed by atoms with E-state index in [1.807, 2.05) is 38.1 Å². The first kappa shape index (κ1) is 10.3. The minimum absolute atomic E-state index is 0.447. The Kier molecular flexibility index (Phi) is 3.30. The van der Waals surface area contributed by atoms with E-state index >= 15 is 0 Å². The molecule has 0 unspecified atom stereocenters. The summed E-state index contributed by atoms with van der Waals surface area (Å²) in [6, 6.07) is 5.95. The van der Waals surface area contributed by atoms with Gasteiger partial charge in [-0.25, -0.2) is 0 Å². The Morgan fingerprint density at radius 2 is 2.07 bits per heavy atom. The van der Waals surface area contributed by atoms with Gasteiger partial charge in [0.25, 0.3) is 0 Å². The summed E-state index contributed by atoms with van der Waals surface area (Å²) in [7, 11) is 0. The number of nitrogen functional groups attached to an aromatic ring is 1. The zero-order chi connectivity index (χ0) is 10.6. The molecule has 0 saturated heterocycles. The quantitative estimate of drug-likeness (QED) is 0.722. The first-order chi connectivity index (χ1) is 6.66. The van der Waals surface area contributed by atoms with Crippen molar-refractivity contribution < 1.29 is 0 Å². The van der Waals surface area contributed by atoms with Crippen LogP contribution in [0.1, 0.15) is 23.1 Å². The molecule has 0 spiro atoms. The van der Waals surface area contributed by atoms with Crippen molar-refractivity contribution in [2.45, 2.75) is 20.3 Å². The van der Waals surface area contributed by atoms with Gasteiger partial charge in [0.15, 0.2) is 0 Å². The fraction of sp³-hybridized carbons (Fsp3) is 0.250. The van der Waals surface area contributed by atoms with E-state index in [4.69, 9.17) is 11.0 Å². The Morgan fingerprint density at radius 3 is 2.71 bits per heavy atom. The average Bonchev–Trinajstić information content (AvgIpc) is 2.18. The average molecular weight is 186 g/mol. The third-order valence-corrected chi connectivity index (χ3v) is 2.38. The lowest BCUT2D eigenvalue weighted by Gasteiger charge is -2.07. The molecule has 14 heavy (non-hydrogen) atoms. The van der Waals surface area contributed by atoms with E-state index < -0.39 is 0 Å². The van der Waals surface area contributed by atoms with Crippen LogP contribution in [0.3, 0.4) is 0 Å². The van der Waals surface area contributed by atoms with Crippen molar-refractivity contribution >= 4 is 11.8 Å². The van der Waals surface area contributed by atoms with Gasteiger partial charge in [0.2, 0.25) is 0 Å². The number of nitrogens with zero attached hydrogens (tertiary/aromatic N) is 1. The summed E-state index contributed by atoms with van der Waals surface area (Å²) in [5.74, 6) is 0. The molecule has 0 saturated carbocycles. The van der Waals surface area contributed by atoms with Crippen molar-refractivity contribution in [3.8, 4) is 6.07 Å². The van der Waals surface area contributed by atoms with Crippen LogP contribution in [0.25, 0.3) is 6.08 Å². The van der Waals surface area contributed by atoms with Gasteiger partial charge in [-0.3, -0.25) is 0 Å². The second-order valence-corrected chi connectivity index (χ2v) is 3.26. The van der Waals surface area contributed by atoms with E-state index in [2.05, 4.69) is 6.07 Å². The van der Waals surface area contributed by atoms with Crippen molar-refractivity contribution in [3.05, 3.63) is 34.9 Å². The summed E-state index contributed by atoms with van der Waals surface area (Å²) in [6.45, 7) is 4.05. The molecule has 0 aliphatic heterocycles. The van der Waals surface area contributed by atoms with E-state index in [-0.39, 0.29) is 0 Å². The molecule has 1 aromatic carbocycles. The third kappa shape index (κ3) is 2.14. The van der Waals surface area contributed by atoms with Crippen LogP contribution < -0.4 is 5.73 Å². The smallest absolute Gasteiger partial charge is 0.0663 e. The largest absolute Gasteiger partial charge is 0.399 e.